The van der Waals surface area contributed by atoms with Gasteiger partial charge in [-0.2, -0.15) is 0 Å². The van der Waals surface area contributed by atoms with Crippen LogP contribution in [0.4, 0.5) is 8.78 Å². The summed E-state index contributed by atoms with van der Waals surface area (Å²) in [4.78, 5) is 0. The van der Waals surface area contributed by atoms with Crippen molar-refractivity contribution in [3.63, 3.8) is 0 Å². The van der Waals surface area contributed by atoms with Crippen LogP contribution >= 0.6 is 0 Å². The minimum Gasteiger partial charge on any atom is -0.469 e. The molecule has 0 fully saturated rings. The van der Waals surface area contributed by atoms with Crippen LogP contribution in [0, 0.1) is 0 Å². The van der Waals surface area contributed by atoms with E-state index < -0.39 is 6.43 Å². The fourth-order valence-electron chi connectivity index (χ4n) is 1.68. The smallest absolute Gasteiger partial charge is 0.263 e. The van der Waals surface area contributed by atoms with Crippen LogP contribution in [0.2, 0.25) is 0 Å². The summed E-state index contributed by atoms with van der Waals surface area (Å²) in [5, 5.41) is 3.24. The molecular formula is C14H15F2NO. The summed E-state index contributed by atoms with van der Waals surface area (Å²) in [6.07, 6.45) is 0.0755. The van der Waals surface area contributed by atoms with E-state index in [0.29, 0.717) is 6.54 Å². The third kappa shape index (κ3) is 3.67. The number of nitrogens with one attached hydrogen (secondary N) is 1. The molecule has 4 heteroatoms. The molecular weight excluding hydrogens is 236 g/mol. The van der Waals surface area contributed by atoms with Crippen molar-refractivity contribution < 1.29 is 13.2 Å². The summed E-state index contributed by atoms with van der Waals surface area (Å²) in [6, 6.07) is 10.2. The molecule has 0 atom stereocenters. The zero-order valence-corrected chi connectivity index (χ0v) is 9.90. The Morgan fingerprint density at radius 2 is 1.89 bits per heavy atom. The Morgan fingerprint density at radius 1 is 1.11 bits per heavy atom. The molecule has 0 saturated carbocycles. The van der Waals surface area contributed by atoms with Gasteiger partial charge < -0.3 is 9.73 Å². The summed E-state index contributed by atoms with van der Waals surface area (Å²) in [6.45, 7) is 1.47. The number of hydrogen-bond acceptors (Lipinski definition) is 2. The Bertz CT molecular complexity index is 451. The average Bonchev–Trinajstić information content (AvgIpc) is 2.88. The van der Waals surface area contributed by atoms with Crippen molar-refractivity contribution in [2.75, 3.05) is 6.54 Å². The molecule has 0 aliphatic heterocycles. The first kappa shape index (κ1) is 12.8. The lowest BCUT2D eigenvalue weighted by atomic mass is 10.1. The van der Waals surface area contributed by atoms with Crippen LogP contribution in [-0.4, -0.2) is 6.54 Å². The lowest BCUT2D eigenvalue weighted by Gasteiger charge is -2.05. The second-order valence-electron chi connectivity index (χ2n) is 4.05. The maximum Gasteiger partial charge on any atom is 0.263 e. The fourth-order valence-corrected chi connectivity index (χ4v) is 1.68. The van der Waals surface area contributed by atoms with Gasteiger partial charge in [0.2, 0.25) is 0 Å². The van der Waals surface area contributed by atoms with E-state index in [4.69, 9.17) is 4.42 Å². The maximum atomic E-state index is 12.3. The predicted molar refractivity (Wildman–Crippen MR) is 65.5 cm³/mol. The second-order valence-corrected chi connectivity index (χ2v) is 4.05. The van der Waals surface area contributed by atoms with Gasteiger partial charge in [-0.05, 0) is 17.7 Å². The van der Waals surface area contributed by atoms with E-state index >= 15 is 0 Å². The van der Waals surface area contributed by atoms with Gasteiger partial charge in [0.25, 0.3) is 6.43 Å². The Morgan fingerprint density at radius 3 is 2.50 bits per heavy atom. The molecule has 0 radical (unpaired) electrons. The number of halogens is 2. The van der Waals surface area contributed by atoms with Crippen molar-refractivity contribution in [1.29, 1.82) is 0 Å². The van der Waals surface area contributed by atoms with Crippen LogP contribution in [0.1, 0.15) is 23.3 Å². The van der Waals surface area contributed by atoms with Crippen molar-refractivity contribution in [2.24, 2.45) is 0 Å². The van der Waals surface area contributed by atoms with Crippen LogP contribution < -0.4 is 5.32 Å². The third-order valence-electron chi connectivity index (χ3n) is 2.69. The highest BCUT2D eigenvalue weighted by Crippen LogP contribution is 2.18. The monoisotopic (exact) mass is 251 g/mol. The molecule has 0 unspecified atom stereocenters. The molecule has 0 spiro atoms. The fraction of sp³-hybridized carbons (Fsp3) is 0.286. The standard InChI is InChI=1S/C14H15F2NO/c15-14(16)12-5-3-11(4-6-12)10-17-8-7-13-2-1-9-18-13/h1-6,9,14,17H,7-8,10H2. The van der Waals surface area contributed by atoms with Gasteiger partial charge in [-0.3, -0.25) is 0 Å². The third-order valence-corrected chi connectivity index (χ3v) is 2.69. The normalized spacial score (nSPS) is 11.1. The minimum atomic E-state index is -2.40. The van der Waals surface area contributed by atoms with E-state index in [1.54, 1.807) is 18.4 Å². The zero-order valence-electron chi connectivity index (χ0n) is 9.90. The Labute approximate surface area is 105 Å². The van der Waals surface area contributed by atoms with Crippen LogP contribution in [0.5, 0.6) is 0 Å². The number of alkyl halides is 2. The first-order valence-electron chi connectivity index (χ1n) is 5.86. The highest BCUT2D eigenvalue weighted by Gasteiger charge is 2.05. The highest BCUT2D eigenvalue weighted by atomic mass is 19.3. The molecule has 96 valence electrons. The molecule has 0 aliphatic carbocycles. The Kier molecular flexibility index (Phi) is 4.47. The van der Waals surface area contributed by atoms with Gasteiger partial charge in [-0.25, -0.2) is 8.78 Å². The van der Waals surface area contributed by atoms with Crippen molar-refractivity contribution in [3.8, 4) is 0 Å². The van der Waals surface area contributed by atoms with Gasteiger partial charge in [0.15, 0.2) is 0 Å². The van der Waals surface area contributed by atoms with Crippen LogP contribution in [0.15, 0.2) is 47.1 Å². The summed E-state index contributed by atoms with van der Waals surface area (Å²) in [5.41, 5.74) is 1.06. The first-order chi connectivity index (χ1) is 8.75. The molecule has 1 heterocycles. The van der Waals surface area contributed by atoms with Gasteiger partial charge in [0, 0.05) is 25.1 Å². The largest absolute Gasteiger partial charge is 0.469 e. The van der Waals surface area contributed by atoms with Crippen molar-refractivity contribution >= 4 is 0 Å². The molecule has 0 amide bonds. The van der Waals surface area contributed by atoms with Crippen LogP contribution in [0.25, 0.3) is 0 Å². The van der Waals surface area contributed by atoms with Gasteiger partial charge in [0.1, 0.15) is 5.76 Å². The van der Waals surface area contributed by atoms with E-state index in [2.05, 4.69) is 5.32 Å². The average molecular weight is 251 g/mol. The molecule has 1 aromatic carbocycles. The number of furan rings is 1. The van der Waals surface area contributed by atoms with Crippen molar-refractivity contribution in [2.45, 2.75) is 19.4 Å². The van der Waals surface area contributed by atoms with E-state index in [0.717, 1.165) is 24.3 Å². The molecule has 0 bridgehead atoms. The van der Waals surface area contributed by atoms with Gasteiger partial charge in [0.05, 0.1) is 6.26 Å². The summed E-state index contributed by atoms with van der Waals surface area (Å²) in [5.74, 6) is 0.940. The summed E-state index contributed by atoms with van der Waals surface area (Å²) in [7, 11) is 0. The predicted octanol–water partition coefficient (Wildman–Crippen LogP) is 3.55. The Hall–Kier alpha value is -1.68. The summed E-state index contributed by atoms with van der Waals surface area (Å²) >= 11 is 0. The van der Waals surface area contributed by atoms with Crippen molar-refractivity contribution in [3.05, 3.63) is 59.5 Å². The molecule has 1 N–H and O–H groups in total. The topological polar surface area (TPSA) is 25.2 Å². The molecule has 0 aliphatic rings. The van der Waals surface area contributed by atoms with E-state index in [1.807, 2.05) is 12.1 Å². The van der Waals surface area contributed by atoms with Gasteiger partial charge in [-0.15, -0.1) is 0 Å². The van der Waals surface area contributed by atoms with Crippen LogP contribution in [0.3, 0.4) is 0 Å². The molecule has 2 nitrogen and oxygen atoms in total. The summed E-state index contributed by atoms with van der Waals surface area (Å²) < 4.78 is 29.9. The number of benzene rings is 1. The first-order valence-corrected chi connectivity index (χ1v) is 5.86. The van der Waals surface area contributed by atoms with Crippen molar-refractivity contribution in [1.82, 2.24) is 5.32 Å². The zero-order chi connectivity index (χ0) is 12.8. The van der Waals surface area contributed by atoms with Gasteiger partial charge >= 0.3 is 0 Å². The second kappa shape index (κ2) is 6.31. The highest BCUT2D eigenvalue weighted by molar-refractivity contribution is 5.23. The Balaban J connectivity index is 1.73. The lowest BCUT2D eigenvalue weighted by Crippen LogP contribution is -2.16. The SMILES string of the molecule is FC(F)c1ccc(CNCCc2ccco2)cc1. The number of hydrogen-bond donors (Lipinski definition) is 1. The van der Waals surface area contributed by atoms with E-state index in [9.17, 15) is 8.78 Å². The molecule has 2 rings (SSSR count). The lowest BCUT2D eigenvalue weighted by molar-refractivity contribution is 0.151. The van der Waals surface area contributed by atoms with E-state index in [1.165, 1.54) is 12.1 Å². The van der Waals surface area contributed by atoms with Gasteiger partial charge in [-0.1, -0.05) is 24.3 Å². The minimum absolute atomic E-state index is 0.0642. The quantitative estimate of drug-likeness (QED) is 0.794. The molecule has 0 saturated heterocycles. The van der Waals surface area contributed by atoms with Crippen LogP contribution in [-0.2, 0) is 13.0 Å². The molecule has 18 heavy (non-hydrogen) atoms. The molecule has 2 aromatic rings. The van der Waals surface area contributed by atoms with E-state index in [-0.39, 0.29) is 5.56 Å². The maximum absolute atomic E-state index is 12.3. The molecule has 1 aromatic heterocycles. The number of rotatable bonds is 6.